The molecule has 2 fully saturated rings. The van der Waals surface area contributed by atoms with E-state index in [0.29, 0.717) is 18.0 Å². The molecule has 0 radical (unpaired) electrons. The van der Waals surface area contributed by atoms with E-state index in [1.54, 1.807) is 0 Å². The van der Waals surface area contributed by atoms with E-state index in [9.17, 15) is 4.79 Å². The first-order chi connectivity index (χ1) is 8.68. The Morgan fingerprint density at radius 3 is 3.06 bits per heavy atom. The van der Waals surface area contributed by atoms with Crippen LogP contribution in [0.5, 0.6) is 0 Å². The number of hydrogen-bond donors (Lipinski definition) is 1. The fraction of sp³-hybridized carbons (Fsp3) is 0.643. The minimum absolute atomic E-state index is 0.199. The fourth-order valence-electron chi connectivity index (χ4n) is 3.27. The standard InChI is InChI=1S/C14H21N3O/c1-10(2)16-6-3-4-12(16)14(18)17-7-5-11-8-15-9-13(11)17/h3-4,6,10-11,13,15H,5,7-9H2,1-2H3/t11-,13+/m0/s1. The Balaban J connectivity index is 1.84. The van der Waals surface area contributed by atoms with Crippen molar-refractivity contribution in [1.29, 1.82) is 0 Å². The number of rotatable bonds is 2. The number of amides is 1. The molecule has 2 aliphatic heterocycles. The van der Waals surface area contributed by atoms with E-state index in [4.69, 9.17) is 0 Å². The van der Waals surface area contributed by atoms with Crippen LogP contribution in [0.2, 0.25) is 0 Å². The first-order valence-electron chi connectivity index (χ1n) is 6.87. The topological polar surface area (TPSA) is 37.3 Å². The van der Waals surface area contributed by atoms with Crippen LogP contribution in [0.3, 0.4) is 0 Å². The van der Waals surface area contributed by atoms with Crippen molar-refractivity contribution in [3.8, 4) is 0 Å². The summed E-state index contributed by atoms with van der Waals surface area (Å²) in [5.74, 6) is 0.862. The molecule has 1 aromatic rings. The molecule has 2 aliphatic rings. The van der Waals surface area contributed by atoms with Crippen LogP contribution in [0.25, 0.3) is 0 Å². The predicted octanol–water partition coefficient (Wildman–Crippen LogP) is 1.50. The highest BCUT2D eigenvalue weighted by atomic mass is 16.2. The monoisotopic (exact) mass is 247 g/mol. The molecular weight excluding hydrogens is 226 g/mol. The van der Waals surface area contributed by atoms with E-state index in [-0.39, 0.29) is 5.91 Å². The molecule has 0 unspecified atom stereocenters. The van der Waals surface area contributed by atoms with Crippen LogP contribution >= 0.6 is 0 Å². The number of nitrogens with one attached hydrogen (secondary N) is 1. The van der Waals surface area contributed by atoms with Gasteiger partial charge in [0.1, 0.15) is 5.69 Å². The van der Waals surface area contributed by atoms with Crippen molar-refractivity contribution in [3.05, 3.63) is 24.0 Å². The lowest BCUT2D eigenvalue weighted by Gasteiger charge is -2.24. The molecule has 4 nitrogen and oxygen atoms in total. The van der Waals surface area contributed by atoms with Gasteiger partial charge in [-0.05, 0) is 38.3 Å². The molecule has 0 aliphatic carbocycles. The molecule has 0 saturated carbocycles. The van der Waals surface area contributed by atoms with E-state index < -0.39 is 0 Å². The van der Waals surface area contributed by atoms with Gasteiger partial charge in [0, 0.05) is 37.9 Å². The SMILES string of the molecule is CC(C)n1cccc1C(=O)N1CC[C@H]2CNC[C@H]21. The third-order valence-corrected chi connectivity index (χ3v) is 4.26. The average molecular weight is 247 g/mol. The van der Waals surface area contributed by atoms with Crippen LogP contribution in [0, 0.1) is 5.92 Å². The second-order valence-corrected chi connectivity index (χ2v) is 5.67. The summed E-state index contributed by atoms with van der Waals surface area (Å²) < 4.78 is 2.07. The molecule has 98 valence electrons. The molecule has 0 spiro atoms. The molecule has 18 heavy (non-hydrogen) atoms. The average Bonchev–Trinajstić information content (AvgIpc) is 3.03. The van der Waals surface area contributed by atoms with E-state index in [2.05, 4.69) is 28.6 Å². The van der Waals surface area contributed by atoms with Crippen molar-refractivity contribution in [3.63, 3.8) is 0 Å². The quantitative estimate of drug-likeness (QED) is 0.860. The Morgan fingerprint density at radius 2 is 2.28 bits per heavy atom. The Labute approximate surface area is 108 Å². The van der Waals surface area contributed by atoms with Gasteiger partial charge in [-0.25, -0.2) is 0 Å². The van der Waals surface area contributed by atoms with E-state index in [1.807, 2.05) is 18.3 Å². The zero-order valence-electron chi connectivity index (χ0n) is 11.1. The lowest BCUT2D eigenvalue weighted by molar-refractivity contribution is 0.0724. The van der Waals surface area contributed by atoms with Crippen LogP contribution in [-0.2, 0) is 0 Å². The molecule has 1 aromatic heterocycles. The van der Waals surface area contributed by atoms with Gasteiger partial charge in [-0.3, -0.25) is 4.79 Å². The maximum Gasteiger partial charge on any atom is 0.270 e. The maximum absolute atomic E-state index is 12.7. The summed E-state index contributed by atoms with van der Waals surface area (Å²) in [5.41, 5.74) is 0.831. The van der Waals surface area contributed by atoms with Gasteiger partial charge in [-0.2, -0.15) is 0 Å². The summed E-state index contributed by atoms with van der Waals surface area (Å²) in [5, 5.41) is 3.39. The van der Waals surface area contributed by atoms with E-state index in [0.717, 1.165) is 31.7 Å². The lowest BCUT2D eigenvalue weighted by Crippen LogP contribution is -2.40. The van der Waals surface area contributed by atoms with Gasteiger partial charge in [0.25, 0.3) is 5.91 Å². The molecule has 4 heteroatoms. The van der Waals surface area contributed by atoms with E-state index in [1.165, 1.54) is 0 Å². The predicted molar refractivity (Wildman–Crippen MR) is 70.6 cm³/mol. The van der Waals surface area contributed by atoms with E-state index >= 15 is 0 Å². The van der Waals surface area contributed by atoms with Crippen molar-refractivity contribution in [2.75, 3.05) is 19.6 Å². The largest absolute Gasteiger partial charge is 0.341 e. The first-order valence-corrected chi connectivity index (χ1v) is 6.87. The number of likely N-dealkylation sites (tertiary alicyclic amines) is 1. The van der Waals surface area contributed by atoms with Crippen molar-refractivity contribution in [2.45, 2.75) is 32.4 Å². The zero-order chi connectivity index (χ0) is 12.7. The second kappa shape index (κ2) is 4.43. The number of nitrogens with zero attached hydrogens (tertiary/aromatic N) is 2. The van der Waals surface area contributed by atoms with Gasteiger partial charge in [0.05, 0.1) is 0 Å². The lowest BCUT2D eigenvalue weighted by atomic mass is 10.1. The summed E-state index contributed by atoms with van der Waals surface area (Å²) in [6.07, 6.45) is 3.14. The molecule has 2 saturated heterocycles. The van der Waals surface area contributed by atoms with Gasteiger partial charge in [-0.1, -0.05) is 0 Å². The van der Waals surface area contributed by atoms with Crippen molar-refractivity contribution < 1.29 is 4.79 Å². The Kier molecular flexibility index (Phi) is 2.90. The first kappa shape index (κ1) is 11.8. The van der Waals surface area contributed by atoms with Crippen molar-refractivity contribution in [2.24, 2.45) is 5.92 Å². The molecule has 0 bridgehead atoms. The maximum atomic E-state index is 12.7. The Hall–Kier alpha value is -1.29. The molecule has 3 rings (SSSR count). The minimum atomic E-state index is 0.199. The highest BCUT2D eigenvalue weighted by Crippen LogP contribution is 2.28. The number of carbonyl (C=O) groups is 1. The number of aromatic nitrogens is 1. The van der Waals surface area contributed by atoms with Crippen LogP contribution in [-0.4, -0.2) is 41.1 Å². The van der Waals surface area contributed by atoms with Gasteiger partial charge < -0.3 is 14.8 Å². The summed E-state index contributed by atoms with van der Waals surface area (Å²) in [4.78, 5) is 14.7. The molecule has 1 N–H and O–H groups in total. The summed E-state index contributed by atoms with van der Waals surface area (Å²) in [6, 6.07) is 4.65. The number of carbonyl (C=O) groups excluding carboxylic acids is 1. The molecule has 2 atom stereocenters. The van der Waals surface area contributed by atoms with Gasteiger partial charge in [-0.15, -0.1) is 0 Å². The van der Waals surface area contributed by atoms with Crippen LogP contribution in [0.4, 0.5) is 0 Å². The molecule has 3 heterocycles. The van der Waals surface area contributed by atoms with Crippen LogP contribution < -0.4 is 5.32 Å². The van der Waals surface area contributed by atoms with Gasteiger partial charge in [0.15, 0.2) is 0 Å². The van der Waals surface area contributed by atoms with Crippen molar-refractivity contribution in [1.82, 2.24) is 14.8 Å². The highest BCUT2D eigenvalue weighted by molar-refractivity contribution is 5.93. The van der Waals surface area contributed by atoms with Gasteiger partial charge in [0.2, 0.25) is 0 Å². The third kappa shape index (κ3) is 1.75. The van der Waals surface area contributed by atoms with Crippen LogP contribution in [0.15, 0.2) is 18.3 Å². The summed E-state index contributed by atoms with van der Waals surface area (Å²) in [6.45, 7) is 7.17. The normalized spacial score (nSPS) is 26.9. The molecule has 1 amide bonds. The highest BCUT2D eigenvalue weighted by Gasteiger charge is 2.40. The number of fused-ring (bicyclic) bond motifs is 1. The summed E-state index contributed by atoms with van der Waals surface area (Å²) >= 11 is 0. The van der Waals surface area contributed by atoms with Crippen molar-refractivity contribution >= 4 is 5.91 Å². The van der Waals surface area contributed by atoms with Gasteiger partial charge >= 0.3 is 0 Å². The molecular formula is C14H21N3O. The third-order valence-electron chi connectivity index (χ3n) is 4.26. The smallest absolute Gasteiger partial charge is 0.270 e. The fourth-order valence-corrected chi connectivity index (χ4v) is 3.27. The Bertz CT molecular complexity index is 452. The van der Waals surface area contributed by atoms with Crippen LogP contribution in [0.1, 0.15) is 36.8 Å². The Morgan fingerprint density at radius 1 is 1.44 bits per heavy atom. The zero-order valence-corrected chi connectivity index (χ0v) is 11.1. The minimum Gasteiger partial charge on any atom is -0.341 e. The number of hydrogen-bond acceptors (Lipinski definition) is 2. The summed E-state index contributed by atoms with van der Waals surface area (Å²) in [7, 11) is 0. The second-order valence-electron chi connectivity index (χ2n) is 5.67. The molecule has 0 aromatic carbocycles.